The predicted octanol–water partition coefficient (Wildman–Crippen LogP) is 5.87. The second kappa shape index (κ2) is 5.85. The van der Waals surface area contributed by atoms with Gasteiger partial charge in [0.1, 0.15) is 11.2 Å². The van der Waals surface area contributed by atoms with Gasteiger partial charge >= 0.3 is 0 Å². The third-order valence-corrected chi connectivity index (χ3v) is 5.74. The quantitative estimate of drug-likeness (QED) is 0.338. The van der Waals surface area contributed by atoms with Gasteiger partial charge in [-0.3, -0.25) is 9.38 Å². The van der Waals surface area contributed by atoms with Gasteiger partial charge in [0.05, 0.1) is 11.0 Å². The summed E-state index contributed by atoms with van der Waals surface area (Å²) in [7, 11) is 0. The van der Waals surface area contributed by atoms with Crippen LogP contribution in [-0.4, -0.2) is 19.4 Å². The molecule has 0 aliphatic carbocycles. The summed E-state index contributed by atoms with van der Waals surface area (Å²) < 4.78 is 2.13. The standard InChI is InChI=1S/C25H18N4/c1-15-7-3-4-8-17(15)18-14-19-20(13-16(18)2)24-28-21-9-5-12-27-25(21)29(24)22-10-6-11-26-23(19)22/h3-14H,1-2H3. The molecule has 29 heavy (non-hydrogen) atoms. The molecule has 6 aromatic rings. The zero-order valence-electron chi connectivity index (χ0n) is 16.2. The monoisotopic (exact) mass is 374 g/mol. The lowest BCUT2D eigenvalue weighted by molar-refractivity contribution is 1.23. The van der Waals surface area contributed by atoms with E-state index >= 15 is 0 Å². The molecule has 0 aliphatic rings. The predicted molar refractivity (Wildman–Crippen MR) is 118 cm³/mol. The van der Waals surface area contributed by atoms with Crippen molar-refractivity contribution in [2.45, 2.75) is 13.8 Å². The van der Waals surface area contributed by atoms with E-state index in [9.17, 15) is 0 Å². The number of imidazole rings is 1. The van der Waals surface area contributed by atoms with Crippen LogP contribution in [0.2, 0.25) is 0 Å². The number of aromatic nitrogens is 4. The molecule has 0 aliphatic heterocycles. The summed E-state index contributed by atoms with van der Waals surface area (Å²) in [5, 5.41) is 2.22. The Balaban J connectivity index is 1.85. The van der Waals surface area contributed by atoms with Crippen LogP contribution in [0.15, 0.2) is 73.1 Å². The molecule has 4 heterocycles. The first kappa shape index (κ1) is 16.2. The number of hydrogen-bond acceptors (Lipinski definition) is 3. The molecular weight excluding hydrogens is 356 g/mol. The Morgan fingerprint density at radius 3 is 2.41 bits per heavy atom. The fourth-order valence-corrected chi connectivity index (χ4v) is 4.36. The summed E-state index contributed by atoms with van der Waals surface area (Å²) in [6.45, 7) is 4.33. The molecule has 0 unspecified atom stereocenters. The molecule has 2 aromatic carbocycles. The Bertz CT molecular complexity index is 1580. The van der Waals surface area contributed by atoms with Crippen LogP contribution in [0.1, 0.15) is 11.1 Å². The summed E-state index contributed by atoms with van der Waals surface area (Å²) in [4.78, 5) is 14.3. The minimum absolute atomic E-state index is 0.864. The maximum atomic E-state index is 4.93. The highest BCUT2D eigenvalue weighted by Gasteiger charge is 2.17. The molecule has 0 bridgehead atoms. The van der Waals surface area contributed by atoms with Crippen LogP contribution >= 0.6 is 0 Å². The number of pyridine rings is 3. The topological polar surface area (TPSA) is 43.1 Å². The van der Waals surface area contributed by atoms with Crippen molar-refractivity contribution in [1.29, 1.82) is 0 Å². The van der Waals surface area contributed by atoms with Gasteiger partial charge in [0.15, 0.2) is 5.65 Å². The molecule has 4 aromatic heterocycles. The van der Waals surface area contributed by atoms with Crippen molar-refractivity contribution in [3.63, 3.8) is 0 Å². The number of benzene rings is 2. The van der Waals surface area contributed by atoms with Gasteiger partial charge in [-0.05, 0) is 72.5 Å². The molecule has 0 N–H and O–H groups in total. The maximum Gasteiger partial charge on any atom is 0.165 e. The zero-order valence-corrected chi connectivity index (χ0v) is 16.2. The van der Waals surface area contributed by atoms with Gasteiger partial charge in [-0.25, -0.2) is 9.97 Å². The van der Waals surface area contributed by atoms with Gasteiger partial charge in [0.25, 0.3) is 0 Å². The van der Waals surface area contributed by atoms with E-state index in [2.05, 4.69) is 65.7 Å². The molecule has 0 saturated carbocycles. The largest absolute Gasteiger partial charge is 0.274 e. The lowest BCUT2D eigenvalue weighted by Crippen LogP contribution is -1.96. The Hall–Kier alpha value is -3.79. The number of nitrogens with zero attached hydrogens (tertiary/aromatic N) is 4. The molecule has 0 saturated heterocycles. The van der Waals surface area contributed by atoms with Crippen LogP contribution in [0.4, 0.5) is 0 Å². The third-order valence-electron chi connectivity index (χ3n) is 5.74. The number of rotatable bonds is 1. The minimum atomic E-state index is 0.864. The maximum absolute atomic E-state index is 4.93. The van der Waals surface area contributed by atoms with Crippen LogP contribution in [0, 0.1) is 13.8 Å². The van der Waals surface area contributed by atoms with Crippen LogP contribution in [0.3, 0.4) is 0 Å². The summed E-state index contributed by atoms with van der Waals surface area (Å²) >= 11 is 0. The fraction of sp³-hybridized carbons (Fsp3) is 0.0800. The fourth-order valence-electron chi connectivity index (χ4n) is 4.36. The molecule has 4 heteroatoms. The van der Waals surface area contributed by atoms with E-state index in [0.717, 1.165) is 38.6 Å². The Labute approximate surface area is 167 Å². The van der Waals surface area contributed by atoms with Crippen molar-refractivity contribution in [3.8, 4) is 11.1 Å². The highest BCUT2D eigenvalue weighted by Crippen LogP contribution is 2.36. The molecule has 4 nitrogen and oxygen atoms in total. The van der Waals surface area contributed by atoms with E-state index in [1.807, 2.05) is 30.6 Å². The van der Waals surface area contributed by atoms with Crippen molar-refractivity contribution in [2.75, 3.05) is 0 Å². The van der Waals surface area contributed by atoms with E-state index in [4.69, 9.17) is 9.97 Å². The molecular formula is C25H18N4. The summed E-state index contributed by atoms with van der Waals surface area (Å²) in [6, 6.07) is 21.0. The van der Waals surface area contributed by atoms with Gasteiger partial charge in [0, 0.05) is 23.2 Å². The minimum Gasteiger partial charge on any atom is -0.274 e. The van der Waals surface area contributed by atoms with Crippen molar-refractivity contribution in [3.05, 3.63) is 84.2 Å². The smallest absolute Gasteiger partial charge is 0.165 e. The SMILES string of the molecule is Cc1ccccc1-c1cc2c(cc1C)c1nc3cccnc3n1c1cccnc21. The first-order valence-corrected chi connectivity index (χ1v) is 9.72. The van der Waals surface area contributed by atoms with Crippen LogP contribution in [0.25, 0.3) is 49.7 Å². The average molecular weight is 374 g/mol. The Morgan fingerprint density at radius 1 is 0.690 bits per heavy atom. The molecule has 0 fully saturated rings. The van der Waals surface area contributed by atoms with Gasteiger partial charge in [-0.1, -0.05) is 24.3 Å². The second-order valence-electron chi connectivity index (χ2n) is 7.52. The van der Waals surface area contributed by atoms with Gasteiger partial charge in [0.2, 0.25) is 0 Å². The normalized spacial score (nSPS) is 11.8. The molecule has 138 valence electrons. The number of aryl methyl sites for hydroxylation is 2. The zero-order chi connectivity index (χ0) is 19.5. The average Bonchev–Trinajstić information content (AvgIpc) is 3.14. The highest BCUT2D eigenvalue weighted by molar-refractivity contribution is 6.13. The van der Waals surface area contributed by atoms with Crippen molar-refractivity contribution in [1.82, 2.24) is 19.4 Å². The van der Waals surface area contributed by atoms with Gasteiger partial charge < -0.3 is 0 Å². The lowest BCUT2D eigenvalue weighted by Gasteiger charge is -2.13. The number of fused-ring (bicyclic) bond motifs is 8. The van der Waals surface area contributed by atoms with E-state index in [1.165, 1.54) is 22.3 Å². The van der Waals surface area contributed by atoms with Crippen LogP contribution < -0.4 is 0 Å². The van der Waals surface area contributed by atoms with Crippen molar-refractivity contribution >= 4 is 38.6 Å². The van der Waals surface area contributed by atoms with E-state index in [-0.39, 0.29) is 0 Å². The van der Waals surface area contributed by atoms with E-state index < -0.39 is 0 Å². The summed E-state index contributed by atoms with van der Waals surface area (Å²) in [5.41, 5.74) is 9.66. The Morgan fingerprint density at radius 2 is 1.52 bits per heavy atom. The summed E-state index contributed by atoms with van der Waals surface area (Å²) in [6.07, 6.45) is 3.67. The first-order chi connectivity index (χ1) is 14.2. The van der Waals surface area contributed by atoms with E-state index in [0.29, 0.717) is 0 Å². The van der Waals surface area contributed by atoms with Gasteiger partial charge in [-0.2, -0.15) is 0 Å². The molecule has 0 atom stereocenters. The first-order valence-electron chi connectivity index (χ1n) is 9.72. The van der Waals surface area contributed by atoms with Gasteiger partial charge in [-0.15, -0.1) is 0 Å². The lowest BCUT2D eigenvalue weighted by atomic mass is 9.93. The third kappa shape index (κ3) is 2.23. The molecule has 0 spiro atoms. The van der Waals surface area contributed by atoms with Crippen molar-refractivity contribution in [2.24, 2.45) is 0 Å². The van der Waals surface area contributed by atoms with Crippen molar-refractivity contribution < 1.29 is 0 Å². The highest BCUT2D eigenvalue weighted by atomic mass is 15.1. The Kier molecular flexibility index (Phi) is 3.27. The molecule has 0 radical (unpaired) electrons. The second-order valence-corrected chi connectivity index (χ2v) is 7.52. The van der Waals surface area contributed by atoms with Crippen LogP contribution in [0.5, 0.6) is 0 Å². The summed E-state index contributed by atoms with van der Waals surface area (Å²) in [5.74, 6) is 0. The number of hydrogen-bond donors (Lipinski definition) is 0. The van der Waals surface area contributed by atoms with Crippen LogP contribution in [-0.2, 0) is 0 Å². The molecule has 6 rings (SSSR count). The molecule has 0 amide bonds. The van der Waals surface area contributed by atoms with E-state index in [1.54, 1.807) is 0 Å².